The number of halogens is 2. The summed E-state index contributed by atoms with van der Waals surface area (Å²) in [5.74, 6) is 0. The number of hydrogen-bond acceptors (Lipinski definition) is 2. The van der Waals surface area contributed by atoms with Crippen LogP contribution in [0.15, 0.2) is 18.2 Å². The Balaban J connectivity index is 3.26. The highest BCUT2D eigenvalue weighted by molar-refractivity contribution is 6.42. The molecule has 2 nitrogen and oxygen atoms in total. The van der Waals surface area contributed by atoms with E-state index in [-0.39, 0.29) is 11.6 Å². The summed E-state index contributed by atoms with van der Waals surface area (Å²) in [4.78, 5) is 2.44. The molecule has 0 aliphatic carbocycles. The van der Waals surface area contributed by atoms with Crippen LogP contribution in [0, 0.1) is 0 Å². The molecule has 0 bridgehead atoms. The van der Waals surface area contributed by atoms with Gasteiger partial charge in [-0.2, -0.15) is 0 Å². The first-order valence-corrected chi connectivity index (χ1v) is 8.07. The van der Waals surface area contributed by atoms with Crippen molar-refractivity contribution in [1.29, 1.82) is 0 Å². The molecule has 1 aromatic carbocycles. The third-order valence-corrected chi connectivity index (χ3v) is 4.82. The lowest BCUT2D eigenvalue weighted by molar-refractivity contribution is 0.0919. The van der Waals surface area contributed by atoms with Crippen molar-refractivity contribution in [1.82, 2.24) is 10.2 Å². The molecule has 114 valence electrons. The number of hydrogen-bond donors (Lipinski definition) is 1. The van der Waals surface area contributed by atoms with Crippen LogP contribution in [-0.2, 0) is 0 Å². The standard InChI is InChI=1S/C16H26Cl2N2/c1-6-19-15(16(4,5)20(7-2)8-3)12-10-9-11-13(17)14(12)18/h9-11,15,19H,6-8H2,1-5H3. The zero-order chi connectivity index (χ0) is 15.3. The van der Waals surface area contributed by atoms with Crippen LogP contribution in [-0.4, -0.2) is 30.1 Å². The highest BCUT2D eigenvalue weighted by Crippen LogP contribution is 2.37. The highest BCUT2D eigenvalue weighted by Gasteiger charge is 2.35. The SMILES string of the molecule is CCNC(c1cccc(Cl)c1Cl)C(C)(C)N(CC)CC. The maximum absolute atomic E-state index is 6.43. The maximum atomic E-state index is 6.43. The summed E-state index contributed by atoms with van der Waals surface area (Å²) >= 11 is 12.6. The normalized spacial score (nSPS) is 13.8. The van der Waals surface area contributed by atoms with Crippen LogP contribution < -0.4 is 5.32 Å². The fourth-order valence-electron chi connectivity index (χ4n) is 2.91. The Bertz CT molecular complexity index is 428. The number of likely N-dealkylation sites (N-methyl/N-ethyl adjacent to an activating group) is 2. The summed E-state index contributed by atoms with van der Waals surface area (Å²) < 4.78 is 0. The second kappa shape index (κ2) is 7.65. The average molecular weight is 317 g/mol. The minimum Gasteiger partial charge on any atom is -0.309 e. The average Bonchev–Trinajstić information content (AvgIpc) is 2.40. The monoisotopic (exact) mass is 316 g/mol. The van der Waals surface area contributed by atoms with E-state index in [4.69, 9.17) is 23.2 Å². The minimum atomic E-state index is -0.0478. The molecule has 1 unspecified atom stereocenters. The van der Waals surface area contributed by atoms with E-state index >= 15 is 0 Å². The molecule has 0 fully saturated rings. The zero-order valence-electron chi connectivity index (χ0n) is 13.1. The molecule has 1 rings (SSSR count). The molecule has 0 saturated heterocycles. The number of nitrogens with zero attached hydrogens (tertiary/aromatic N) is 1. The smallest absolute Gasteiger partial charge is 0.0640 e. The van der Waals surface area contributed by atoms with Crippen LogP contribution in [0.2, 0.25) is 10.0 Å². The largest absolute Gasteiger partial charge is 0.309 e. The van der Waals surface area contributed by atoms with Crippen molar-refractivity contribution in [3.8, 4) is 0 Å². The van der Waals surface area contributed by atoms with Gasteiger partial charge in [-0.15, -0.1) is 0 Å². The fourth-order valence-corrected chi connectivity index (χ4v) is 3.33. The van der Waals surface area contributed by atoms with E-state index < -0.39 is 0 Å². The predicted octanol–water partition coefficient (Wildman–Crippen LogP) is 4.76. The van der Waals surface area contributed by atoms with Gasteiger partial charge < -0.3 is 5.32 Å². The van der Waals surface area contributed by atoms with Crippen LogP contribution >= 0.6 is 23.2 Å². The van der Waals surface area contributed by atoms with E-state index in [0.717, 1.165) is 25.2 Å². The van der Waals surface area contributed by atoms with Gasteiger partial charge in [0.15, 0.2) is 0 Å². The third-order valence-electron chi connectivity index (χ3n) is 3.99. The molecule has 4 heteroatoms. The molecule has 0 heterocycles. The molecule has 0 amide bonds. The summed E-state index contributed by atoms with van der Waals surface area (Å²) in [7, 11) is 0. The van der Waals surface area contributed by atoms with E-state index in [1.165, 1.54) is 0 Å². The van der Waals surface area contributed by atoms with E-state index in [2.05, 4.69) is 50.9 Å². The summed E-state index contributed by atoms with van der Waals surface area (Å²) in [5, 5.41) is 4.84. The second-order valence-electron chi connectivity index (χ2n) is 5.46. The lowest BCUT2D eigenvalue weighted by Crippen LogP contribution is -2.52. The van der Waals surface area contributed by atoms with Gasteiger partial charge in [0.2, 0.25) is 0 Å². The van der Waals surface area contributed by atoms with Crippen LogP contribution in [0.4, 0.5) is 0 Å². The van der Waals surface area contributed by atoms with Crippen molar-refractivity contribution in [2.75, 3.05) is 19.6 Å². The molecule has 0 saturated carbocycles. The summed E-state index contributed by atoms with van der Waals surface area (Å²) in [5.41, 5.74) is 1.02. The fraction of sp³-hybridized carbons (Fsp3) is 0.625. The van der Waals surface area contributed by atoms with Crippen LogP contribution in [0.25, 0.3) is 0 Å². The van der Waals surface area contributed by atoms with Crippen molar-refractivity contribution >= 4 is 23.2 Å². The number of nitrogens with one attached hydrogen (secondary N) is 1. The Kier molecular flexibility index (Phi) is 6.80. The lowest BCUT2D eigenvalue weighted by Gasteiger charge is -2.44. The Morgan fingerprint density at radius 3 is 2.25 bits per heavy atom. The molecule has 20 heavy (non-hydrogen) atoms. The maximum Gasteiger partial charge on any atom is 0.0640 e. The van der Waals surface area contributed by atoms with Gasteiger partial charge in [0, 0.05) is 5.54 Å². The third kappa shape index (κ3) is 3.67. The van der Waals surface area contributed by atoms with Gasteiger partial charge in [0.25, 0.3) is 0 Å². The Labute approximate surface area is 133 Å². The van der Waals surface area contributed by atoms with E-state index in [1.54, 1.807) is 0 Å². The molecule has 1 atom stereocenters. The molecule has 0 spiro atoms. The lowest BCUT2D eigenvalue weighted by atomic mass is 9.86. The number of rotatable bonds is 7. The van der Waals surface area contributed by atoms with Crippen molar-refractivity contribution < 1.29 is 0 Å². The molecule has 0 radical (unpaired) electrons. The molecule has 0 aliphatic rings. The zero-order valence-corrected chi connectivity index (χ0v) is 14.6. The van der Waals surface area contributed by atoms with E-state index in [9.17, 15) is 0 Å². The molecular weight excluding hydrogens is 291 g/mol. The van der Waals surface area contributed by atoms with Crippen LogP contribution in [0.1, 0.15) is 46.2 Å². The van der Waals surface area contributed by atoms with Gasteiger partial charge in [-0.25, -0.2) is 0 Å². The van der Waals surface area contributed by atoms with Crippen LogP contribution in [0.5, 0.6) is 0 Å². The first-order valence-electron chi connectivity index (χ1n) is 7.32. The number of benzene rings is 1. The van der Waals surface area contributed by atoms with E-state index in [0.29, 0.717) is 10.0 Å². The van der Waals surface area contributed by atoms with Gasteiger partial charge in [0.1, 0.15) is 0 Å². The first kappa shape index (κ1) is 17.8. The topological polar surface area (TPSA) is 15.3 Å². The molecule has 1 N–H and O–H groups in total. The molecule has 1 aromatic rings. The summed E-state index contributed by atoms with van der Waals surface area (Å²) in [6.07, 6.45) is 0. The van der Waals surface area contributed by atoms with Gasteiger partial charge in [-0.1, -0.05) is 56.1 Å². The summed E-state index contributed by atoms with van der Waals surface area (Å²) in [6.45, 7) is 13.9. The van der Waals surface area contributed by atoms with Crippen molar-refractivity contribution in [3.63, 3.8) is 0 Å². The second-order valence-corrected chi connectivity index (χ2v) is 6.24. The van der Waals surface area contributed by atoms with Crippen molar-refractivity contribution in [2.24, 2.45) is 0 Å². The quantitative estimate of drug-likeness (QED) is 0.779. The van der Waals surface area contributed by atoms with E-state index in [1.807, 2.05) is 12.1 Å². The molecule has 0 aliphatic heterocycles. The highest BCUT2D eigenvalue weighted by atomic mass is 35.5. The Morgan fingerprint density at radius 2 is 1.75 bits per heavy atom. The van der Waals surface area contributed by atoms with Crippen LogP contribution in [0.3, 0.4) is 0 Å². The van der Waals surface area contributed by atoms with Gasteiger partial charge >= 0.3 is 0 Å². The Morgan fingerprint density at radius 1 is 1.15 bits per heavy atom. The first-order chi connectivity index (χ1) is 9.39. The van der Waals surface area contributed by atoms with Crippen molar-refractivity contribution in [3.05, 3.63) is 33.8 Å². The molecular formula is C16H26Cl2N2. The Hall–Kier alpha value is -0.280. The summed E-state index contributed by atoms with van der Waals surface area (Å²) in [6, 6.07) is 6.00. The van der Waals surface area contributed by atoms with Crippen molar-refractivity contribution in [2.45, 2.75) is 46.2 Å². The molecule has 0 aromatic heterocycles. The van der Waals surface area contributed by atoms with Gasteiger partial charge in [-0.3, -0.25) is 4.90 Å². The van der Waals surface area contributed by atoms with Gasteiger partial charge in [-0.05, 0) is 45.1 Å². The van der Waals surface area contributed by atoms with Gasteiger partial charge in [0.05, 0.1) is 16.1 Å². The predicted molar refractivity (Wildman–Crippen MR) is 89.9 cm³/mol. The minimum absolute atomic E-state index is 0.0478.